The molecular formula is C12H9ClO2S. The second-order valence-corrected chi connectivity index (χ2v) is 4.76. The maximum atomic E-state index is 10.9. The molecule has 1 aromatic heterocycles. The smallest absolute Gasteiger partial charge is 0.151 e. The molecule has 82 valence electrons. The van der Waals surface area contributed by atoms with Gasteiger partial charge in [0.05, 0.1) is 11.2 Å². The molecule has 0 aliphatic carbocycles. The minimum Gasteiger partial charge on any atom is -0.468 e. The molecule has 0 aliphatic rings. The van der Waals surface area contributed by atoms with Gasteiger partial charge < -0.3 is 4.42 Å². The first-order chi connectivity index (χ1) is 7.70. The summed E-state index contributed by atoms with van der Waals surface area (Å²) in [6.45, 7) is 1.89. The number of halogens is 1. The fraction of sp³-hybridized carbons (Fsp3) is 0.0833. The number of hydrogen-bond acceptors (Lipinski definition) is 3. The van der Waals surface area contributed by atoms with Crippen molar-refractivity contribution in [1.82, 2.24) is 0 Å². The Labute approximate surface area is 103 Å². The molecule has 0 aliphatic heterocycles. The van der Waals surface area contributed by atoms with Crippen LogP contribution in [0, 0.1) is 6.92 Å². The van der Waals surface area contributed by atoms with Gasteiger partial charge in [0, 0.05) is 15.5 Å². The normalized spacial score (nSPS) is 10.4. The van der Waals surface area contributed by atoms with E-state index in [1.807, 2.05) is 19.1 Å². The highest BCUT2D eigenvalue weighted by atomic mass is 35.5. The summed E-state index contributed by atoms with van der Waals surface area (Å²) in [5.74, 6) is 0.844. The van der Waals surface area contributed by atoms with Crippen molar-refractivity contribution in [3.05, 3.63) is 46.9 Å². The minimum atomic E-state index is 0.565. The van der Waals surface area contributed by atoms with E-state index in [4.69, 9.17) is 16.0 Å². The van der Waals surface area contributed by atoms with Crippen LogP contribution < -0.4 is 0 Å². The Morgan fingerprint density at radius 1 is 1.31 bits per heavy atom. The van der Waals surface area contributed by atoms with E-state index in [-0.39, 0.29) is 0 Å². The molecule has 0 radical (unpaired) electrons. The maximum Gasteiger partial charge on any atom is 0.151 e. The van der Waals surface area contributed by atoms with Crippen molar-refractivity contribution < 1.29 is 9.21 Å². The summed E-state index contributed by atoms with van der Waals surface area (Å²) in [4.78, 5) is 12.8. The molecule has 0 N–H and O–H groups in total. The minimum absolute atomic E-state index is 0.565. The second kappa shape index (κ2) is 4.76. The van der Waals surface area contributed by atoms with Crippen LogP contribution in [0.2, 0.25) is 5.02 Å². The third-order valence-electron chi connectivity index (χ3n) is 2.13. The monoisotopic (exact) mass is 252 g/mol. The van der Waals surface area contributed by atoms with E-state index < -0.39 is 0 Å². The Balaban J connectivity index is 2.34. The number of rotatable bonds is 3. The number of hydrogen-bond donors (Lipinski definition) is 0. The predicted molar refractivity (Wildman–Crippen MR) is 64.4 cm³/mol. The van der Waals surface area contributed by atoms with Gasteiger partial charge in [-0.05, 0) is 31.2 Å². The molecule has 1 heterocycles. The average molecular weight is 253 g/mol. The number of aryl methyl sites for hydroxylation is 1. The van der Waals surface area contributed by atoms with Gasteiger partial charge in [0.1, 0.15) is 5.76 Å². The van der Waals surface area contributed by atoms with E-state index in [0.29, 0.717) is 10.6 Å². The lowest BCUT2D eigenvalue weighted by Gasteiger charge is -2.03. The lowest BCUT2D eigenvalue weighted by Crippen LogP contribution is -1.85. The van der Waals surface area contributed by atoms with E-state index >= 15 is 0 Å². The van der Waals surface area contributed by atoms with E-state index in [2.05, 4.69) is 0 Å². The fourth-order valence-electron chi connectivity index (χ4n) is 1.30. The molecule has 2 aromatic rings. The Hall–Kier alpha value is -1.19. The van der Waals surface area contributed by atoms with Crippen LogP contribution in [0.25, 0.3) is 0 Å². The van der Waals surface area contributed by atoms with Gasteiger partial charge in [-0.15, -0.1) is 0 Å². The van der Waals surface area contributed by atoms with Crippen molar-refractivity contribution in [2.45, 2.75) is 16.7 Å². The van der Waals surface area contributed by atoms with Gasteiger partial charge in [0.25, 0.3) is 0 Å². The van der Waals surface area contributed by atoms with Crippen LogP contribution in [-0.2, 0) is 0 Å². The van der Waals surface area contributed by atoms with Gasteiger partial charge in [-0.3, -0.25) is 4.79 Å². The van der Waals surface area contributed by atoms with Crippen LogP contribution >= 0.6 is 23.4 Å². The summed E-state index contributed by atoms with van der Waals surface area (Å²) < 4.78 is 5.20. The number of carbonyl (C=O) groups is 1. The van der Waals surface area contributed by atoms with Crippen molar-refractivity contribution in [2.75, 3.05) is 0 Å². The molecule has 0 fully saturated rings. The highest BCUT2D eigenvalue weighted by Gasteiger charge is 2.08. The number of carbonyl (C=O) groups excluding carboxylic acids is 1. The summed E-state index contributed by atoms with van der Waals surface area (Å²) in [5.41, 5.74) is 0.595. The van der Waals surface area contributed by atoms with Gasteiger partial charge in [0.15, 0.2) is 6.29 Å². The third kappa shape index (κ3) is 2.31. The molecule has 0 unspecified atom stereocenters. The number of furan rings is 1. The molecule has 0 atom stereocenters. The van der Waals surface area contributed by atoms with Gasteiger partial charge in [-0.1, -0.05) is 23.4 Å². The SMILES string of the molecule is Cc1occc1Sc1ccc(Cl)cc1C=O. The van der Waals surface area contributed by atoms with E-state index in [1.54, 1.807) is 18.4 Å². The molecule has 16 heavy (non-hydrogen) atoms. The van der Waals surface area contributed by atoms with E-state index in [0.717, 1.165) is 21.8 Å². The second-order valence-electron chi connectivity index (χ2n) is 3.24. The first-order valence-electron chi connectivity index (χ1n) is 4.67. The van der Waals surface area contributed by atoms with E-state index in [1.165, 1.54) is 11.8 Å². The quantitative estimate of drug-likeness (QED) is 0.767. The van der Waals surface area contributed by atoms with Crippen LogP contribution in [-0.4, -0.2) is 6.29 Å². The molecule has 4 heteroatoms. The Kier molecular flexibility index (Phi) is 3.36. The highest BCUT2D eigenvalue weighted by molar-refractivity contribution is 7.99. The lowest BCUT2D eigenvalue weighted by atomic mass is 10.2. The molecular weight excluding hydrogens is 244 g/mol. The third-order valence-corrected chi connectivity index (χ3v) is 3.60. The first-order valence-corrected chi connectivity index (χ1v) is 5.87. The summed E-state index contributed by atoms with van der Waals surface area (Å²) in [6.07, 6.45) is 2.44. The van der Waals surface area contributed by atoms with Crippen molar-refractivity contribution >= 4 is 29.6 Å². The first kappa shape index (κ1) is 11.3. The van der Waals surface area contributed by atoms with Crippen molar-refractivity contribution in [2.24, 2.45) is 0 Å². The molecule has 0 amide bonds. The lowest BCUT2D eigenvalue weighted by molar-refractivity contribution is 0.112. The zero-order valence-electron chi connectivity index (χ0n) is 8.57. The Morgan fingerprint density at radius 3 is 2.75 bits per heavy atom. The maximum absolute atomic E-state index is 10.9. The van der Waals surface area contributed by atoms with Crippen LogP contribution in [0.3, 0.4) is 0 Å². The zero-order chi connectivity index (χ0) is 11.5. The molecule has 2 nitrogen and oxygen atoms in total. The number of benzene rings is 1. The average Bonchev–Trinajstić information content (AvgIpc) is 2.67. The molecule has 1 aromatic carbocycles. The van der Waals surface area contributed by atoms with E-state index in [9.17, 15) is 4.79 Å². The highest BCUT2D eigenvalue weighted by Crippen LogP contribution is 2.33. The standard InChI is InChI=1S/C12H9ClO2S/c1-8-11(4-5-15-8)16-12-3-2-10(13)6-9(12)7-14/h2-7H,1H3. The van der Waals surface area contributed by atoms with Gasteiger partial charge in [-0.2, -0.15) is 0 Å². The molecule has 0 saturated heterocycles. The topological polar surface area (TPSA) is 30.2 Å². The number of aldehydes is 1. The van der Waals surface area contributed by atoms with Crippen molar-refractivity contribution in [3.8, 4) is 0 Å². The van der Waals surface area contributed by atoms with Gasteiger partial charge in [-0.25, -0.2) is 0 Å². The van der Waals surface area contributed by atoms with Gasteiger partial charge >= 0.3 is 0 Å². The summed E-state index contributed by atoms with van der Waals surface area (Å²) in [6, 6.07) is 7.14. The molecule has 0 spiro atoms. The molecule has 0 bridgehead atoms. The summed E-state index contributed by atoms with van der Waals surface area (Å²) >= 11 is 7.32. The van der Waals surface area contributed by atoms with Crippen LogP contribution in [0.15, 0.2) is 44.7 Å². The van der Waals surface area contributed by atoms with Crippen molar-refractivity contribution in [3.63, 3.8) is 0 Å². The van der Waals surface area contributed by atoms with Crippen LogP contribution in [0.1, 0.15) is 16.1 Å². The van der Waals surface area contributed by atoms with Crippen LogP contribution in [0.5, 0.6) is 0 Å². The molecule has 0 saturated carbocycles. The van der Waals surface area contributed by atoms with Crippen molar-refractivity contribution in [1.29, 1.82) is 0 Å². The summed E-state index contributed by atoms with van der Waals surface area (Å²) in [7, 11) is 0. The zero-order valence-corrected chi connectivity index (χ0v) is 10.1. The largest absolute Gasteiger partial charge is 0.468 e. The van der Waals surface area contributed by atoms with Crippen LogP contribution in [0.4, 0.5) is 0 Å². The molecule has 2 rings (SSSR count). The fourth-order valence-corrected chi connectivity index (χ4v) is 2.40. The summed E-state index contributed by atoms with van der Waals surface area (Å²) in [5, 5.41) is 0.565. The Morgan fingerprint density at radius 2 is 2.12 bits per heavy atom. The predicted octanol–water partition coefficient (Wildman–Crippen LogP) is 4.21. The van der Waals surface area contributed by atoms with Gasteiger partial charge in [0.2, 0.25) is 0 Å². The Bertz CT molecular complexity index is 519.